The van der Waals surface area contributed by atoms with Crippen molar-refractivity contribution in [2.45, 2.75) is 12.5 Å². The van der Waals surface area contributed by atoms with Crippen LogP contribution in [0.25, 0.3) is 0 Å². The molecule has 0 spiro atoms. The highest BCUT2D eigenvalue weighted by Gasteiger charge is 2.33. The van der Waals surface area contributed by atoms with Crippen LogP contribution in [-0.4, -0.2) is 38.7 Å². The molecule has 1 saturated heterocycles. The van der Waals surface area contributed by atoms with Gasteiger partial charge in [-0.25, -0.2) is 9.18 Å². The van der Waals surface area contributed by atoms with Crippen molar-refractivity contribution in [3.63, 3.8) is 0 Å². The standard InChI is InChI=1S/C19H20FN3O4/c1-26-16-8-5-13(11-17(16)27-2)21-19(25)22-15-9-10-23(18(15)24)14-6-3-12(20)4-7-14/h3-8,11,15H,9-10H2,1-2H3,(H2,21,22,25)/t15-/m0/s1. The first-order valence-electron chi connectivity index (χ1n) is 8.38. The first-order valence-corrected chi connectivity index (χ1v) is 8.38. The van der Waals surface area contributed by atoms with Crippen molar-refractivity contribution >= 4 is 23.3 Å². The molecule has 142 valence electrons. The van der Waals surface area contributed by atoms with Crippen molar-refractivity contribution < 1.29 is 23.5 Å². The quantitative estimate of drug-likeness (QED) is 0.845. The maximum absolute atomic E-state index is 13.0. The Bertz CT molecular complexity index is 841. The molecular formula is C19H20FN3O4. The molecule has 0 saturated carbocycles. The Morgan fingerprint density at radius 3 is 2.48 bits per heavy atom. The van der Waals surface area contributed by atoms with Crippen LogP contribution < -0.4 is 25.0 Å². The van der Waals surface area contributed by atoms with Gasteiger partial charge in [0.1, 0.15) is 11.9 Å². The second-order valence-corrected chi connectivity index (χ2v) is 5.98. The van der Waals surface area contributed by atoms with E-state index in [0.717, 1.165) is 0 Å². The van der Waals surface area contributed by atoms with Crippen LogP contribution in [0, 0.1) is 5.82 Å². The molecule has 1 fully saturated rings. The van der Waals surface area contributed by atoms with Crippen LogP contribution >= 0.6 is 0 Å². The van der Waals surface area contributed by atoms with Crippen molar-refractivity contribution in [1.29, 1.82) is 0 Å². The van der Waals surface area contributed by atoms with E-state index in [2.05, 4.69) is 10.6 Å². The lowest BCUT2D eigenvalue weighted by molar-refractivity contribution is -0.118. The van der Waals surface area contributed by atoms with E-state index in [4.69, 9.17) is 9.47 Å². The number of hydrogen-bond acceptors (Lipinski definition) is 4. The summed E-state index contributed by atoms with van der Waals surface area (Å²) >= 11 is 0. The van der Waals surface area contributed by atoms with Gasteiger partial charge < -0.3 is 25.0 Å². The van der Waals surface area contributed by atoms with Gasteiger partial charge in [0.2, 0.25) is 5.91 Å². The Hall–Kier alpha value is -3.29. The first kappa shape index (κ1) is 18.5. The summed E-state index contributed by atoms with van der Waals surface area (Å²) in [6.07, 6.45) is 0.468. The third-order valence-corrected chi connectivity index (χ3v) is 4.29. The van der Waals surface area contributed by atoms with Crippen LogP contribution in [0.5, 0.6) is 11.5 Å². The molecule has 8 heteroatoms. The van der Waals surface area contributed by atoms with Crippen LogP contribution in [-0.2, 0) is 4.79 Å². The van der Waals surface area contributed by atoms with Crippen LogP contribution in [0.4, 0.5) is 20.6 Å². The van der Waals surface area contributed by atoms with Crippen LogP contribution in [0.2, 0.25) is 0 Å². The highest BCUT2D eigenvalue weighted by atomic mass is 19.1. The van der Waals surface area contributed by atoms with E-state index in [1.807, 2.05) is 0 Å². The summed E-state index contributed by atoms with van der Waals surface area (Å²) in [5.41, 5.74) is 1.11. The molecule has 0 aliphatic carbocycles. The zero-order valence-corrected chi connectivity index (χ0v) is 15.0. The number of urea groups is 1. The van der Waals surface area contributed by atoms with Crippen molar-refractivity contribution in [2.75, 3.05) is 31.0 Å². The fraction of sp³-hybridized carbons (Fsp3) is 0.263. The number of anilines is 2. The second-order valence-electron chi connectivity index (χ2n) is 5.98. The van der Waals surface area contributed by atoms with E-state index in [-0.39, 0.29) is 11.7 Å². The van der Waals surface area contributed by atoms with Gasteiger partial charge >= 0.3 is 6.03 Å². The second kappa shape index (κ2) is 7.94. The molecule has 3 rings (SSSR count). The highest BCUT2D eigenvalue weighted by molar-refractivity contribution is 6.02. The Labute approximate surface area is 156 Å². The zero-order chi connectivity index (χ0) is 19.4. The molecular weight excluding hydrogens is 353 g/mol. The normalized spacial score (nSPS) is 16.2. The lowest BCUT2D eigenvalue weighted by atomic mass is 10.2. The third kappa shape index (κ3) is 4.11. The average Bonchev–Trinajstić information content (AvgIpc) is 3.02. The number of carbonyl (C=O) groups excluding carboxylic acids is 2. The number of benzene rings is 2. The number of ether oxygens (including phenoxy) is 2. The summed E-state index contributed by atoms with van der Waals surface area (Å²) in [4.78, 5) is 26.3. The van der Waals surface area contributed by atoms with Gasteiger partial charge in [-0.1, -0.05) is 0 Å². The molecule has 1 atom stereocenters. The number of carbonyl (C=O) groups is 2. The molecule has 3 amide bonds. The van der Waals surface area contributed by atoms with E-state index in [1.165, 1.54) is 31.3 Å². The Kier molecular flexibility index (Phi) is 5.44. The number of nitrogens with zero attached hydrogens (tertiary/aromatic N) is 1. The Morgan fingerprint density at radius 1 is 1.11 bits per heavy atom. The number of halogens is 1. The number of amides is 3. The van der Waals surface area contributed by atoms with E-state index in [0.29, 0.717) is 35.8 Å². The third-order valence-electron chi connectivity index (χ3n) is 4.29. The van der Waals surface area contributed by atoms with Gasteiger partial charge in [-0.3, -0.25) is 4.79 Å². The van der Waals surface area contributed by atoms with Gasteiger partial charge in [-0.05, 0) is 42.8 Å². The van der Waals surface area contributed by atoms with Gasteiger partial charge in [0.15, 0.2) is 11.5 Å². The number of hydrogen-bond donors (Lipinski definition) is 2. The molecule has 1 aliphatic rings. The van der Waals surface area contributed by atoms with E-state index >= 15 is 0 Å². The maximum Gasteiger partial charge on any atom is 0.319 e. The molecule has 2 N–H and O–H groups in total. The number of methoxy groups -OCH3 is 2. The van der Waals surface area contributed by atoms with E-state index < -0.39 is 12.1 Å². The monoisotopic (exact) mass is 373 g/mol. The predicted molar refractivity (Wildman–Crippen MR) is 98.9 cm³/mol. The van der Waals surface area contributed by atoms with Crippen LogP contribution in [0.15, 0.2) is 42.5 Å². The molecule has 7 nitrogen and oxygen atoms in total. The average molecular weight is 373 g/mol. The van der Waals surface area contributed by atoms with Crippen molar-refractivity contribution in [1.82, 2.24) is 5.32 Å². The molecule has 1 aliphatic heterocycles. The van der Waals surface area contributed by atoms with E-state index in [9.17, 15) is 14.0 Å². The van der Waals surface area contributed by atoms with Crippen molar-refractivity contribution in [3.05, 3.63) is 48.3 Å². The van der Waals surface area contributed by atoms with Crippen LogP contribution in [0.3, 0.4) is 0 Å². The first-order chi connectivity index (χ1) is 13.0. The summed E-state index contributed by atoms with van der Waals surface area (Å²) < 4.78 is 23.4. The minimum atomic E-state index is -0.643. The number of rotatable bonds is 5. The molecule has 2 aromatic rings. The molecule has 27 heavy (non-hydrogen) atoms. The largest absolute Gasteiger partial charge is 0.493 e. The molecule has 0 aromatic heterocycles. The molecule has 0 bridgehead atoms. The maximum atomic E-state index is 13.0. The van der Waals surface area contributed by atoms with Gasteiger partial charge in [0.25, 0.3) is 0 Å². The summed E-state index contributed by atoms with van der Waals surface area (Å²) in [5.74, 6) is 0.428. The fourth-order valence-corrected chi connectivity index (χ4v) is 2.93. The van der Waals surface area contributed by atoms with Gasteiger partial charge in [0, 0.05) is 24.0 Å². The number of nitrogens with one attached hydrogen (secondary N) is 2. The van der Waals surface area contributed by atoms with Gasteiger partial charge in [-0.15, -0.1) is 0 Å². The summed E-state index contributed by atoms with van der Waals surface area (Å²) in [6.45, 7) is 0.450. The van der Waals surface area contributed by atoms with Gasteiger partial charge in [0.05, 0.1) is 14.2 Å². The molecule has 2 aromatic carbocycles. The fourth-order valence-electron chi connectivity index (χ4n) is 2.93. The molecule has 0 radical (unpaired) electrons. The van der Waals surface area contributed by atoms with Crippen molar-refractivity contribution in [2.24, 2.45) is 0 Å². The predicted octanol–water partition coefficient (Wildman–Crippen LogP) is 2.77. The minimum Gasteiger partial charge on any atom is -0.493 e. The molecule has 1 heterocycles. The Morgan fingerprint density at radius 2 is 1.81 bits per heavy atom. The summed E-state index contributed by atoms with van der Waals surface area (Å²) in [7, 11) is 3.03. The topological polar surface area (TPSA) is 79.9 Å². The zero-order valence-electron chi connectivity index (χ0n) is 15.0. The van der Waals surface area contributed by atoms with E-state index in [1.54, 1.807) is 30.3 Å². The lowest BCUT2D eigenvalue weighted by Gasteiger charge is -2.17. The lowest BCUT2D eigenvalue weighted by Crippen LogP contribution is -2.43. The van der Waals surface area contributed by atoms with Crippen molar-refractivity contribution in [3.8, 4) is 11.5 Å². The molecule has 0 unspecified atom stereocenters. The van der Waals surface area contributed by atoms with Crippen LogP contribution in [0.1, 0.15) is 6.42 Å². The minimum absolute atomic E-state index is 0.232. The van der Waals surface area contributed by atoms with Gasteiger partial charge in [-0.2, -0.15) is 0 Å². The highest BCUT2D eigenvalue weighted by Crippen LogP contribution is 2.29. The Balaban J connectivity index is 1.61. The summed E-state index contributed by atoms with van der Waals surface area (Å²) in [5, 5.41) is 5.34. The summed E-state index contributed by atoms with van der Waals surface area (Å²) in [6, 6.07) is 9.50. The SMILES string of the molecule is COc1ccc(NC(=O)N[C@H]2CCN(c3ccc(F)cc3)C2=O)cc1OC. The smallest absolute Gasteiger partial charge is 0.319 e.